The zero-order valence-electron chi connectivity index (χ0n) is 14.2. The zero-order valence-corrected chi connectivity index (χ0v) is 14.2. The van der Waals surface area contributed by atoms with Gasteiger partial charge in [0, 0.05) is 29.5 Å². The topological polar surface area (TPSA) is 109 Å². The first-order chi connectivity index (χ1) is 12.5. The number of rotatable bonds is 4. The molecule has 8 nitrogen and oxygen atoms in total. The van der Waals surface area contributed by atoms with Gasteiger partial charge in [-0.05, 0) is 55.5 Å². The summed E-state index contributed by atoms with van der Waals surface area (Å²) in [5, 5.41) is 11.6. The molecule has 0 fully saturated rings. The van der Waals surface area contributed by atoms with Crippen LogP contribution in [-0.2, 0) is 0 Å². The van der Waals surface area contributed by atoms with Gasteiger partial charge in [-0.15, -0.1) is 0 Å². The molecule has 132 valence electrons. The van der Waals surface area contributed by atoms with Crippen LogP contribution < -0.4 is 16.0 Å². The number of hydrogen-bond donors (Lipinski definition) is 3. The third-order valence-corrected chi connectivity index (χ3v) is 3.55. The number of carbonyl (C=O) groups is 2. The highest BCUT2D eigenvalue weighted by Gasteiger charge is 2.10. The van der Waals surface area contributed by atoms with Gasteiger partial charge in [0.2, 0.25) is 0 Å². The number of carbonyl (C=O) groups excluding carboxylic acids is 2. The van der Waals surface area contributed by atoms with Gasteiger partial charge in [0.25, 0.3) is 11.8 Å². The first-order valence-electron chi connectivity index (χ1n) is 7.86. The SMILES string of the molecule is CNC(=O)Nc1ccc(NC(=O)c2ccc(-c3nc(C)no3)cc2)cc1. The minimum Gasteiger partial charge on any atom is -0.341 e. The molecule has 0 aliphatic carbocycles. The maximum Gasteiger partial charge on any atom is 0.318 e. The van der Waals surface area contributed by atoms with Gasteiger partial charge in [-0.2, -0.15) is 4.98 Å². The second-order valence-corrected chi connectivity index (χ2v) is 5.46. The van der Waals surface area contributed by atoms with Crippen molar-refractivity contribution in [3.8, 4) is 11.5 Å². The van der Waals surface area contributed by atoms with Crippen LogP contribution in [0.1, 0.15) is 16.2 Å². The fourth-order valence-electron chi connectivity index (χ4n) is 2.21. The van der Waals surface area contributed by atoms with Crippen molar-refractivity contribution >= 4 is 23.3 Å². The quantitative estimate of drug-likeness (QED) is 0.669. The minimum absolute atomic E-state index is 0.245. The molecule has 0 saturated heterocycles. The summed E-state index contributed by atoms with van der Waals surface area (Å²) in [6.07, 6.45) is 0. The number of nitrogens with zero attached hydrogens (tertiary/aromatic N) is 2. The third-order valence-electron chi connectivity index (χ3n) is 3.55. The first-order valence-corrected chi connectivity index (χ1v) is 7.86. The smallest absolute Gasteiger partial charge is 0.318 e. The number of amides is 3. The van der Waals surface area contributed by atoms with Gasteiger partial charge in [0.05, 0.1) is 0 Å². The molecule has 0 atom stereocenters. The van der Waals surface area contributed by atoms with Crippen LogP contribution in [0.25, 0.3) is 11.5 Å². The van der Waals surface area contributed by atoms with Crippen LogP contribution in [0.5, 0.6) is 0 Å². The molecular weight excluding hydrogens is 334 g/mol. The highest BCUT2D eigenvalue weighted by molar-refractivity contribution is 6.04. The second-order valence-electron chi connectivity index (χ2n) is 5.46. The van der Waals surface area contributed by atoms with Crippen molar-refractivity contribution in [1.82, 2.24) is 15.5 Å². The molecule has 0 aliphatic rings. The Morgan fingerprint density at radius 2 is 1.54 bits per heavy atom. The summed E-state index contributed by atoms with van der Waals surface area (Å²) in [7, 11) is 1.54. The first kappa shape index (κ1) is 17.2. The Labute approximate surface area is 149 Å². The van der Waals surface area contributed by atoms with E-state index in [1.54, 1.807) is 55.5 Å². The monoisotopic (exact) mass is 351 g/mol. The van der Waals surface area contributed by atoms with E-state index in [2.05, 4.69) is 26.1 Å². The molecule has 0 saturated carbocycles. The summed E-state index contributed by atoms with van der Waals surface area (Å²) in [6.45, 7) is 1.74. The molecule has 0 bridgehead atoms. The van der Waals surface area contributed by atoms with Gasteiger partial charge in [-0.25, -0.2) is 4.79 Å². The van der Waals surface area contributed by atoms with E-state index in [0.717, 1.165) is 5.56 Å². The summed E-state index contributed by atoms with van der Waals surface area (Å²) in [4.78, 5) is 27.7. The van der Waals surface area contributed by atoms with Crippen LogP contribution in [-0.4, -0.2) is 29.1 Å². The number of nitrogens with one attached hydrogen (secondary N) is 3. The van der Waals surface area contributed by atoms with E-state index < -0.39 is 0 Å². The molecule has 8 heteroatoms. The number of aromatic nitrogens is 2. The van der Waals surface area contributed by atoms with Crippen LogP contribution in [0.3, 0.4) is 0 Å². The Balaban J connectivity index is 1.65. The molecule has 3 rings (SSSR count). The van der Waals surface area contributed by atoms with E-state index in [1.807, 2.05) is 0 Å². The van der Waals surface area contributed by atoms with Crippen molar-refractivity contribution < 1.29 is 14.1 Å². The summed E-state index contributed by atoms with van der Waals surface area (Å²) in [5.74, 6) is 0.718. The van der Waals surface area contributed by atoms with Crippen LogP contribution in [0.4, 0.5) is 16.2 Å². The van der Waals surface area contributed by atoms with E-state index in [-0.39, 0.29) is 11.9 Å². The highest BCUT2D eigenvalue weighted by Crippen LogP contribution is 2.19. The summed E-state index contributed by atoms with van der Waals surface area (Å²) in [5.41, 5.74) is 2.49. The molecule has 1 heterocycles. The van der Waals surface area contributed by atoms with Crippen molar-refractivity contribution in [2.24, 2.45) is 0 Å². The van der Waals surface area contributed by atoms with Crippen LogP contribution in [0.15, 0.2) is 53.1 Å². The Morgan fingerprint density at radius 3 is 2.08 bits per heavy atom. The van der Waals surface area contributed by atoms with Crippen molar-refractivity contribution in [3.05, 3.63) is 59.9 Å². The standard InChI is InChI=1S/C18H17N5O3/c1-11-20-17(26-23-11)13-5-3-12(4-6-13)16(24)21-14-7-9-15(10-8-14)22-18(25)19-2/h3-10H,1-2H3,(H,21,24)(H2,19,22,25). The molecule has 0 aliphatic heterocycles. The van der Waals surface area contributed by atoms with Crippen molar-refractivity contribution in [2.75, 3.05) is 17.7 Å². The van der Waals surface area contributed by atoms with E-state index in [0.29, 0.717) is 28.7 Å². The highest BCUT2D eigenvalue weighted by atomic mass is 16.5. The minimum atomic E-state index is -0.307. The Hall–Kier alpha value is -3.68. The number of aryl methyl sites for hydroxylation is 1. The van der Waals surface area contributed by atoms with Gasteiger partial charge < -0.3 is 20.5 Å². The number of hydrogen-bond acceptors (Lipinski definition) is 5. The molecule has 26 heavy (non-hydrogen) atoms. The molecule has 0 spiro atoms. The molecular formula is C18H17N5O3. The molecule has 3 N–H and O–H groups in total. The van der Waals surface area contributed by atoms with E-state index in [1.165, 1.54) is 7.05 Å². The average Bonchev–Trinajstić information content (AvgIpc) is 3.09. The van der Waals surface area contributed by atoms with E-state index in [4.69, 9.17) is 4.52 Å². The van der Waals surface area contributed by atoms with Crippen molar-refractivity contribution in [3.63, 3.8) is 0 Å². The lowest BCUT2D eigenvalue weighted by Gasteiger charge is -2.08. The molecule has 0 unspecified atom stereocenters. The van der Waals surface area contributed by atoms with Crippen LogP contribution in [0, 0.1) is 6.92 Å². The van der Waals surface area contributed by atoms with Crippen molar-refractivity contribution in [1.29, 1.82) is 0 Å². The fraction of sp³-hybridized carbons (Fsp3) is 0.111. The number of urea groups is 1. The largest absolute Gasteiger partial charge is 0.341 e. The van der Waals surface area contributed by atoms with Gasteiger partial charge in [0.1, 0.15) is 0 Å². The van der Waals surface area contributed by atoms with Crippen LogP contribution >= 0.6 is 0 Å². The molecule has 0 radical (unpaired) electrons. The Bertz CT molecular complexity index is 917. The Kier molecular flexibility index (Phi) is 4.93. The van der Waals surface area contributed by atoms with E-state index in [9.17, 15) is 9.59 Å². The molecule has 1 aromatic heterocycles. The number of anilines is 2. The van der Waals surface area contributed by atoms with Gasteiger partial charge in [-0.3, -0.25) is 4.79 Å². The normalized spacial score (nSPS) is 10.2. The van der Waals surface area contributed by atoms with Gasteiger partial charge >= 0.3 is 6.03 Å². The molecule has 3 amide bonds. The predicted molar refractivity (Wildman–Crippen MR) is 96.9 cm³/mol. The van der Waals surface area contributed by atoms with Crippen LogP contribution in [0.2, 0.25) is 0 Å². The summed E-state index contributed by atoms with van der Waals surface area (Å²) >= 11 is 0. The lowest BCUT2D eigenvalue weighted by molar-refractivity contribution is 0.102. The predicted octanol–water partition coefficient (Wildman–Crippen LogP) is 3.05. The van der Waals surface area contributed by atoms with E-state index >= 15 is 0 Å². The summed E-state index contributed by atoms with van der Waals surface area (Å²) in [6, 6.07) is 13.4. The summed E-state index contributed by atoms with van der Waals surface area (Å²) < 4.78 is 5.10. The second kappa shape index (κ2) is 7.47. The maximum absolute atomic E-state index is 12.3. The fourth-order valence-corrected chi connectivity index (χ4v) is 2.21. The van der Waals surface area contributed by atoms with Gasteiger partial charge in [-0.1, -0.05) is 5.16 Å². The average molecular weight is 351 g/mol. The molecule has 2 aromatic carbocycles. The molecule has 3 aromatic rings. The maximum atomic E-state index is 12.3. The number of benzene rings is 2. The lowest BCUT2D eigenvalue weighted by atomic mass is 10.1. The Morgan fingerprint density at radius 1 is 0.923 bits per heavy atom. The van der Waals surface area contributed by atoms with Crippen molar-refractivity contribution in [2.45, 2.75) is 6.92 Å². The zero-order chi connectivity index (χ0) is 18.5. The lowest BCUT2D eigenvalue weighted by Crippen LogP contribution is -2.24. The van der Waals surface area contributed by atoms with Gasteiger partial charge in [0.15, 0.2) is 5.82 Å². The third kappa shape index (κ3) is 4.04.